The van der Waals surface area contributed by atoms with Crippen molar-refractivity contribution >= 4 is 15.8 Å². The average Bonchev–Trinajstić information content (AvgIpc) is 2.56. The molecule has 0 aliphatic carbocycles. The van der Waals surface area contributed by atoms with Crippen LogP contribution in [0.5, 0.6) is 0 Å². The Balaban J connectivity index is 2.01. The van der Waals surface area contributed by atoms with Gasteiger partial charge in [-0.25, -0.2) is 8.42 Å². The lowest BCUT2D eigenvalue weighted by molar-refractivity contribution is -0.153. The number of rotatable bonds is 3. The maximum absolute atomic E-state index is 13.0. The van der Waals surface area contributed by atoms with Crippen LogP contribution in [0.4, 0.5) is 0 Å². The van der Waals surface area contributed by atoms with Crippen molar-refractivity contribution in [1.82, 2.24) is 0 Å². The Morgan fingerprint density at radius 1 is 1.00 bits per heavy atom. The van der Waals surface area contributed by atoms with E-state index in [4.69, 9.17) is 4.74 Å². The van der Waals surface area contributed by atoms with Gasteiger partial charge in [-0.05, 0) is 31.0 Å². The van der Waals surface area contributed by atoms with Crippen molar-refractivity contribution in [3.8, 4) is 0 Å². The molecular formula is C18H18O4S. The second-order valence-corrected chi connectivity index (χ2v) is 7.92. The fourth-order valence-corrected chi connectivity index (χ4v) is 4.67. The quantitative estimate of drug-likeness (QED) is 0.811. The van der Waals surface area contributed by atoms with E-state index in [-0.39, 0.29) is 23.7 Å². The summed E-state index contributed by atoms with van der Waals surface area (Å²) in [5, 5.41) is -0.759. The number of carbonyl (C=O) groups is 1. The first-order valence-electron chi connectivity index (χ1n) is 7.53. The zero-order valence-corrected chi connectivity index (χ0v) is 13.6. The molecule has 1 aliphatic heterocycles. The molecule has 1 fully saturated rings. The molecule has 4 nitrogen and oxygen atoms in total. The summed E-state index contributed by atoms with van der Waals surface area (Å²) in [6.07, 6.45) is -0.364. The number of hydrogen-bond acceptors (Lipinski definition) is 4. The summed E-state index contributed by atoms with van der Waals surface area (Å²) in [7, 11) is -3.58. The van der Waals surface area contributed by atoms with E-state index in [1.165, 1.54) is 0 Å². The molecule has 2 atom stereocenters. The number of hydrogen-bond donors (Lipinski definition) is 0. The van der Waals surface area contributed by atoms with E-state index in [0.717, 1.165) is 5.56 Å². The van der Waals surface area contributed by atoms with E-state index in [1.807, 2.05) is 25.1 Å². The molecule has 0 aromatic heterocycles. The predicted octanol–water partition coefficient (Wildman–Crippen LogP) is 3.22. The number of benzene rings is 2. The van der Waals surface area contributed by atoms with Gasteiger partial charge in [0.15, 0.2) is 9.84 Å². The highest BCUT2D eigenvalue weighted by Gasteiger charge is 2.41. The van der Waals surface area contributed by atoms with Gasteiger partial charge in [-0.3, -0.25) is 4.79 Å². The minimum Gasteiger partial charge on any atom is -0.456 e. The molecule has 1 aliphatic rings. The van der Waals surface area contributed by atoms with E-state index in [9.17, 15) is 13.2 Å². The molecule has 5 heteroatoms. The summed E-state index contributed by atoms with van der Waals surface area (Å²) in [5.74, 6) is -0.353. The Labute approximate surface area is 136 Å². The van der Waals surface area contributed by atoms with Crippen LogP contribution >= 0.6 is 0 Å². The molecule has 3 rings (SSSR count). The van der Waals surface area contributed by atoms with Crippen LogP contribution in [-0.2, 0) is 19.4 Å². The molecule has 0 unspecified atom stereocenters. The molecule has 0 amide bonds. The largest absolute Gasteiger partial charge is 0.456 e. The summed E-state index contributed by atoms with van der Waals surface area (Å²) < 4.78 is 31.4. The first-order valence-corrected chi connectivity index (χ1v) is 9.08. The SMILES string of the molecule is Cc1ccc(S(=O)(=O)[C@@H]2CCC(=O)O[C@@H]2c2ccccc2)cc1. The van der Waals surface area contributed by atoms with Gasteiger partial charge in [0.05, 0.1) is 4.90 Å². The number of carbonyl (C=O) groups excluding carboxylic acids is 1. The van der Waals surface area contributed by atoms with Crippen LogP contribution in [0.1, 0.15) is 30.1 Å². The van der Waals surface area contributed by atoms with Crippen LogP contribution in [-0.4, -0.2) is 19.6 Å². The van der Waals surface area contributed by atoms with Crippen LogP contribution in [0.2, 0.25) is 0 Å². The fourth-order valence-electron chi connectivity index (χ4n) is 2.83. The molecule has 0 N–H and O–H groups in total. The van der Waals surface area contributed by atoms with E-state index in [0.29, 0.717) is 5.56 Å². The van der Waals surface area contributed by atoms with Gasteiger partial charge < -0.3 is 4.74 Å². The van der Waals surface area contributed by atoms with E-state index < -0.39 is 21.2 Å². The molecule has 1 saturated heterocycles. The number of cyclic esters (lactones) is 1. The lowest BCUT2D eigenvalue weighted by Crippen LogP contribution is -2.36. The van der Waals surface area contributed by atoms with Gasteiger partial charge in [0, 0.05) is 6.42 Å². The molecule has 120 valence electrons. The molecule has 2 aromatic carbocycles. The van der Waals surface area contributed by atoms with E-state index >= 15 is 0 Å². The number of esters is 1. The zero-order valence-electron chi connectivity index (χ0n) is 12.8. The molecule has 0 radical (unpaired) electrons. The molecule has 2 aromatic rings. The molecule has 1 heterocycles. The maximum Gasteiger partial charge on any atom is 0.306 e. The lowest BCUT2D eigenvalue weighted by atomic mass is 10.0. The van der Waals surface area contributed by atoms with Gasteiger partial charge in [-0.15, -0.1) is 0 Å². The Hall–Kier alpha value is -2.14. The number of aryl methyl sites for hydroxylation is 1. The summed E-state index contributed by atoms with van der Waals surface area (Å²) in [6.45, 7) is 1.91. The van der Waals surface area contributed by atoms with Gasteiger partial charge in [-0.2, -0.15) is 0 Å². The second kappa shape index (κ2) is 6.16. The Bertz CT molecular complexity index is 795. The van der Waals surface area contributed by atoms with Gasteiger partial charge >= 0.3 is 5.97 Å². The lowest BCUT2D eigenvalue weighted by Gasteiger charge is -2.31. The van der Waals surface area contributed by atoms with Crippen molar-refractivity contribution < 1.29 is 17.9 Å². The van der Waals surface area contributed by atoms with Gasteiger partial charge in [0.1, 0.15) is 11.4 Å². The third-order valence-corrected chi connectivity index (χ3v) is 6.31. The highest BCUT2D eigenvalue weighted by Crippen LogP contribution is 2.36. The van der Waals surface area contributed by atoms with Crippen molar-refractivity contribution in [2.75, 3.05) is 0 Å². The second-order valence-electron chi connectivity index (χ2n) is 5.76. The van der Waals surface area contributed by atoms with Crippen LogP contribution in [0.25, 0.3) is 0 Å². The van der Waals surface area contributed by atoms with Crippen molar-refractivity contribution in [3.05, 3.63) is 65.7 Å². The van der Waals surface area contributed by atoms with Crippen LogP contribution < -0.4 is 0 Å². The van der Waals surface area contributed by atoms with Crippen molar-refractivity contribution in [3.63, 3.8) is 0 Å². The van der Waals surface area contributed by atoms with Crippen molar-refractivity contribution in [2.45, 2.75) is 36.0 Å². The van der Waals surface area contributed by atoms with Gasteiger partial charge in [-0.1, -0.05) is 48.0 Å². The first-order chi connectivity index (χ1) is 11.0. The Morgan fingerprint density at radius 3 is 2.30 bits per heavy atom. The third kappa shape index (κ3) is 3.15. The fraction of sp³-hybridized carbons (Fsp3) is 0.278. The van der Waals surface area contributed by atoms with Crippen molar-refractivity contribution in [2.24, 2.45) is 0 Å². The molecule has 0 bridgehead atoms. The smallest absolute Gasteiger partial charge is 0.306 e. The monoisotopic (exact) mass is 330 g/mol. The minimum atomic E-state index is -3.58. The Kier molecular flexibility index (Phi) is 4.22. The van der Waals surface area contributed by atoms with E-state index in [2.05, 4.69) is 0 Å². The minimum absolute atomic E-state index is 0.124. The van der Waals surface area contributed by atoms with Gasteiger partial charge in [0.25, 0.3) is 0 Å². The zero-order chi connectivity index (χ0) is 16.4. The Morgan fingerprint density at radius 2 is 1.65 bits per heavy atom. The van der Waals surface area contributed by atoms with E-state index in [1.54, 1.807) is 36.4 Å². The highest BCUT2D eigenvalue weighted by atomic mass is 32.2. The average molecular weight is 330 g/mol. The topological polar surface area (TPSA) is 60.4 Å². The summed E-state index contributed by atoms with van der Waals surface area (Å²) in [5.41, 5.74) is 1.71. The van der Waals surface area contributed by atoms with Gasteiger partial charge in [0.2, 0.25) is 0 Å². The maximum atomic E-state index is 13.0. The molecular weight excluding hydrogens is 312 g/mol. The molecule has 0 spiro atoms. The summed E-state index contributed by atoms with van der Waals surface area (Å²) >= 11 is 0. The first kappa shape index (κ1) is 15.7. The number of sulfone groups is 1. The molecule has 23 heavy (non-hydrogen) atoms. The van der Waals surface area contributed by atoms with Crippen LogP contribution in [0.3, 0.4) is 0 Å². The summed E-state index contributed by atoms with van der Waals surface area (Å²) in [6, 6.07) is 15.8. The van der Waals surface area contributed by atoms with Crippen LogP contribution in [0.15, 0.2) is 59.5 Å². The van der Waals surface area contributed by atoms with Crippen LogP contribution in [0, 0.1) is 6.92 Å². The normalized spacial score (nSPS) is 21.7. The summed E-state index contributed by atoms with van der Waals surface area (Å²) in [4.78, 5) is 12.0. The highest BCUT2D eigenvalue weighted by molar-refractivity contribution is 7.92. The predicted molar refractivity (Wildman–Crippen MR) is 86.7 cm³/mol. The third-order valence-electron chi connectivity index (χ3n) is 4.11. The number of ether oxygens (including phenoxy) is 1. The van der Waals surface area contributed by atoms with Crippen molar-refractivity contribution in [1.29, 1.82) is 0 Å². The molecule has 0 saturated carbocycles. The standard InChI is InChI=1S/C18H18O4S/c1-13-7-9-15(10-8-13)23(20,21)16-11-12-17(19)22-18(16)14-5-3-2-4-6-14/h2-10,16,18H,11-12H2,1H3/t16-,18-/m1/s1.